The highest BCUT2D eigenvalue weighted by molar-refractivity contribution is 6.10. The first kappa shape index (κ1) is 13.5. The van der Waals surface area contributed by atoms with Crippen LogP contribution >= 0.6 is 0 Å². The van der Waals surface area contributed by atoms with E-state index >= 15 is 0 Å². The highest BCUT2D eigenvalue weighted by Crippen LogP contribution is 2.23. The molecule has 3 heteroatoms. The van der Waals surface area contributed by atoms with Crippen molar-refractivity contribution in [2.75, 3.05) is 0 Å². The Hall–Kier alpha value is -3.20. The topological polar surface area (TPSA) is 47.3 Å². The van der Waals surface area contributed by atoms with Crippen LogP contribution in [0.2, 0.25) is 0 Å². The van der Waals surface area contributed by atoms with E-state index in [1.807, 2.05) is 42.5 Å². The normalized spacial score (nSPS) is 11.0. The quantitative estimate of drug-likeness (QED) is 0.317. The third kappa shape index (κ3) is 2.32. The van der Waals surface area contributed by atoms with Crippen molar-refractivity contribution in [3.63, 3.8) is 0 Å². The summed E-state index contributed by atoms with van der Waals surface area (Å²) in [5, 5.41) is 2.76. The molecule has 1 aromatic heterocycles. The van der Waals surface area contributed by atoms with Crippen LogP contribution in [-0.2, 0) is 0 Å². The van der Waals surface area contributed by atoms with Gasteiger partial charge in [-0.05, 0) is 29.0 Å². The molecule has 0 saturated heterocycles. The second kappa shape index (κ2) is 5.21. The number of benzene rings is 3. The maximum absolute atomic E-state index is 12.5. The van der Waals surface area contributed by atoms with Gasteiger partial charge in [0.15, 0.2) is 5.78 Å². The van der Waals surface area contributed by atoms with Crippen LogP contribution in [0, 0.1) is 0 Å². The zero-order valence-corrected chi connectivity index (χ0v) is 12.2. The Kier molecular flexibility index (Phi) is 3.05. The average molecular weight is 300 g/mol. The summed E-state index contributed by atoms with van der Waals surface area (Å²) in [6, 6.07) is 21.9. The van der Waals surface area contributed by atoms with Crippen LogP contribution in [0.3, 0.4) is 0 Å². The van der Waals surface area contributed by atoms with E-state index in [9.17, 15) is 9.59 Å². The van der Waals surface area contributed by atoms with Crippen LogP contribution in [0.5, 0.6) is 0 Å². The summed E-state index contributed by atoms with van der Waals surface area (Å²) in [5.74, 6) is -0.325. The molecule has 0 saturated carbocycles. The second-order valence-electron chi connectivity index (χ2n) is 5.38. The summed E-state index contributed by atoms with van der Waals surface area (Å²) in [6.07, 6.45) is 0. The number of fused-ring (bicyclic) bond motifs is 2. The molecular formula is C20H12O3. The summed E-state index contributed by atoms with van der Waals surface area (Å²) >= 11 is 0. The fourth-order valence-corrected chi connectivity index (χ4v) is 2.71. The molecule has 0 atom stereocenters. The molecule has 1 heterocycles. The molecule has 23 heavy (non-hydrogen) atoms. The predicted molar refractivity (Wildman–Crippen MR) is 89.9 cm³/mol. The third-order valence-electron chi connectivity index (χ3n) is 3.88. The van der Waals surface area contributed by atoms with Crippen molar-refractivity contribution < 1.29 is 9.21 Å². The fourth-order valence-electron chi connectivity index (χ4n) is 2.71. The molecule has 0 radical (unpaired) electrons. The summed E-state index contributed by atoms with van der Waals surface area (Å²) in [7, 11) is 0. The minimum atomic E-state index is -0.610. The van der Waals surface area contributed by atoms with Gasteiger partial charge < -0.3 is 4.42 Å². The second-order valence-corrected chi connectivity index (χ2v) is 5.38. The van der Waals surface area contributed by atoms with E-state index in [0.29, 0.717) is 11.1 Å². The van der Waals surface area contributed by atoms with Crippen LogP contribution in [0.1, 0.15) is 15.9 Å². The van der Waals surface area contributed by atoms with E-state index in [4.69, 9.17) is 4.42 Å². The van der Waals surface area contributed by atoms with Gasteiger partial charge >= 0.3 is 5.63 Å². The predicted octanol–water partition coefficient (Wildman–Crippen LogP) is 4.18. The minimum absolute atomic E-state index is 0.0546. The first-order valence-corrected chi connectivity index (χ1v) is 7.29. The van der Waals surface area contributed by atoms with E-state index in [2.05, 4.69) is 0 Å². The molecule has 0 aliphatic rings. The van der Waals surface area contributed by atoms with Crippen molar-refractivity contribution in [2.45, 2.75) is 0 Å². The molecule has 0 bridgehead atoms. The third-order valence-corrected chi connectivity index (χ3v) is 3.88. The molecule has 3 nitrogen and oxygen atoms in total. The number of rotatable bonds is 2. The summed E-state index contributed by atoms with van der Waals surface area (Å²) in [6.45, 7) is 0. The Labute approximate surface area is 131 Å². The molecule has 3 aromatic carbocycles. The van der Waals surface area contributed by atoms with E-state index in [0.717, 1.165) is 16.2 Å². The summed E-state index contributed by atoms with van der Waals surface area (Å²) in [5.41, 5.74) is 0.402. The lowest BCUT2D eigenvalue weighted by Gasteiger charge is -2.04. The lowest BCUT2D eigenvalue weighted by molar-refractivity contribution is 0.103. The van der Waals surface area contributed by atoms with Gasteiger partial charge in [0.25, 0.3) is 0 Å². The van der Waals surface area contributed by atoms with E-state index in [1.54, 1.807) is 30.3 Å². The fraction of sp³-hybridized carbons (Fsp3) is 0. The highest BCUT2D eigenvalue weighted by Gasteiger charge is 2.15. The van der Waals surface area contributed by atoms with Crippen molar-refractivity contribution in [1.82, 2.24) is 0 Å². The zero-order valence-electron chi connectivity index (χ0n) is 12.2. The van der Waals surface area contributed by atoms with Crippen LogP contribution in [0.15, 0.2) is 82.0 Å². The molecule has 0 fully saturated rings. The van der Waals surface area contributed by atoms with Gasteiger partial charge in [-0.2, -0.15) is 0 Å². The van der Waals surface area contributed by atoms with E-state index in [1.165, 1.54) is 0 Å². The molecule has 0 unspecified atom stereocenters. The Morgan fingerprint density at radius 3 is 2.13 bits per heavy atom. The van der Waals surface area contributed by atoms with Crippen molar-refractivity contribution in [1.29, 1.82) is 0 Å². The largest absolute Gasteiger partial charge is 0.422 e. The van der Waals surface area contributed by atoms with Gasteiger partial charge in [-0.1, -0.05) is 54.6 Å². The first-order valence-electron chi connectivity index (χ1n) is 7.29. The number of ketones is 1. The lowest BCUT2D eigenvalue weighted by atomic mass is 10.0. The van der Waals surface area contributed by atoms with Gasteiger partial charge in [-0.3, -0.25) is 4.79 Å². The maximum Gasteiger partial charge on any atom is 0.347 e. The van der Waals surface area contributed by atoms with Crippen molar-refractivity contribution >= 4 is 27.5 Å². The Morgan fingerprint density at radius 2 is 1.39 bits per heavy atom. The SMILES string of the molecule is O=C(c1ccccc1)c1cc2cc3ccccc3cc2oc1=O. The highest BCUT2D eigenvalue weighted by atomic mass is 16.4. The van der Waals surface area contributed by atoms with Crippen molar-refractivity contribution in [3.05, 3.63) is 94.3 Å². The van der Waals surface area contributed by atoms with Crippen LogP contribution in [-0.4, -0.2) is 5.78 Å². The first-order chi connectivity index (χ1) is 11.2. The van der Waals surface area contributed by atoms with Gasteiger partial charge in [0.2, 0.25) is 0 Å². The van der Waals surface area contributed by atoms with Gasteiger partial charge in [-0.15, -0.1) is 0 Å². The van der Waals surface area contributed by atoms with Crippen molar-refractivity contribution in [2.24, 2.45) is 0 Å². The van der Waals surface area contributed by atoms with E-state index < -0.39 is 5.63 Å². The maximum atomic E-state index is 12.5. The van der Waals surface area contributed by atoms with Crippen molar-refractivity contribution in [3.8, 4) is 0 Å². The van der Waals surface area contributed by atoms with Gasteiger partial charge in [0.05, 0.1) is 0 Å². The Bertz CT molecular complexity index is 1090. The molecule has 4 aromatic rings. The van der Waals surface area contributed by atoms with Gasteiger partial charge in [0, 0.05) is 10.9 Å². The molecule has 110 valence electrons. The smallest absolute Gasteiger partial charge is 0.347 e. The molecule has 0 amide bonds. The average Bonchev–Trinajstić information content (AvgIpc) is 2.59. The lowest BCUT2D eigenvalue weighted by Crippen LogP contribution is -2.14. The Morgan fingerprint density at radius 1 is 0.739 bits per heavy atom. The summed E-state index contributed by atoms with van der Waals surface area (Å²) in [4.78, 5) is 24.7. The number of hydrogen-bond acceptors (Lipinski definition) is 3. The minimum Gasteiger partial charge on any atom is -0.422 e. The molecule has 4 rings (SSSR count). The van der Waals surface area contributed by atoms with E-state index in [-0.39, 0.29) is 11.3 Å². The monoisotopic (exact) mass is 300 g/mol. The molecule has 0 spiro atoms. The standard InChI is InChI=1S/C20H12O3/c21-19(13-6-2-1-3-7-13)17-11-16-10-14-8-4-5-9-15(14)12-18(16)23-20(17)22/h1-12H. The zero-order chi connectivity index (χ0) is 15.8. The number of carbonyl (C=O) groups is 1. The molecule has 0 N–H and O–H groups in total. The summed E-state index contributed by atoms with van der Waals surface area (Å²) < 4.78 is 5.37. The molecule has 0 aliphatic heterocycles. The van der Waals surface area contributed by atoms with Gasteiger partial charge in [-0.25, -0.2) is 4.79 Å². The van der Waals surface area contributed by atoms with Crippen LogP contribution in [0.4, 0.5) is 0 Å². The Balaban J connectivity index is 1.94. The molecule has 0 aliphatic carbocycles. The number of hydrogen-bond donors (Lipinski definition) is 0. The van der Waals surface area contributed by atoms with Crippen LogP contribution < -0.4 is 5.63 Å². The molecular weight excluding hydrogens is 288 g/mol. The van der Waals surface area contributed by atoms with Gasteiger partial charge in [0.1, 0.15) is 11.1 Å². The van der Waals surface area contributed by atoms with Crippen LogP contribution in [0.25, 0.3) is 21.7 Å². The number of carbonyl (C=O) groups excluding carboxylic acids is 1.